The lowest BCUT2D eigenvalue weighted by Crippen LogP contribution is -2.42. The van der Waals surface area contributed by atoms with E-state index in [4.69, 9.17) is 5.11 Å². The summed E-state index contributed by atoms with van der Waals surface area (Å²) in [4.78, 5) is 12.4. The summed E-state index contributed by atoms with van der Waals surface area (Å²) in [5, 5.41) is 8.86. The number of hydrogen-bond donors (Lipinski definition) is 1. The normalized spacial score (nSPS) is 22.9. The molecule has 0 aromatic heterocycles. The second-order valence-corrected chi connectivity index (χ2v) is 3.82. The molecule has 1 amide bonds. The molecule has 1 heterocycles. The van der Waals surface area contributed by atoms with Gasteiger partial charge in [-0.3, -0.25) is 4.79 Å². The predicted molar refractivity (Wildman–Crippen MR) is 47.1 cm³/mol. The minimum Gasteiger partial charge on any atom is -0.396 e. The third-order valence-electron chi connectivity index (χ3n) is 2.48. The van der Waals surface area contributed by atoms with Gasteiger partial charge in [-0.1, -0.05) is 0 Å². The van der Waals surface area contributed by atoms with Crippen LogP contribution in [0.1, 0.15) is 19.3 Å². The van der Waals surface area contributed by atoms with Gasteiger partial charge in [0.05, 0.1) is 0 Å². The molecular formula is C9H14F3NO2. The third-order valence-corrected chi connectivity index (χ3v) is 2.48. The Morgan fingerprint density at radius 1 is 1.47 bits per heavy atom. The van der Waals surface area contributed by atoms with Gasteiger partial charge in [0, 0.05) is 19.7 Å². The van der Waals surface area contributed by atoms with E-state index in [1.807, 2.05) is 0 Å². The highest BCUT2D eigenvalue weighted by Gasteiger charge is 2.34. The average Bonchev–Trinajstić information content (AvgIpc) is 2.15. The molecule has 0 aromatic carbocycles. The van der Waals surface area contributed by atoms with Crippen molar-refractivity contribution in [2.75, 3.05) is 19.7 Å². The van der Waals surface area contributed by atoms with Crippen LogP contribution in [0, 0.1) is 5.92 Å². The molecule has 6 heteroatoms. The summed E-state index contributed by atoms with van der Waals surface area (Å²) in [6.07, 6.45) is -4.41. The maximum absolute atomic E-state index is 11.9. The maximum Gasteiger partial charge on any atom is 0.397 e. The van der Waals surface area contributed by atoms with Crippen molar-refractivity contribution in [3.05, 3.63) is 0 Å². The monoisotopic (exact) mass is 225 g/mol. The number of nitrogens with zero attached hydrogens (tertiary/aromatic N) is 1. The second-order valence-electron chi connectivity index (χ2n) is 3.82. The van der Waals surface area contributed by atoms with E-state index < -0.39 is 18.5 Å². The highest BCUT2D eigenvalue weighted by Crippen LogP contribution is 2.23. The van der Waals surface area contributed by atoms with Crippen LogP contribution in [0.25, 0.3) is 0 Å². The first kappa shape index (κ1) is 12.3. The van der Waals surface area contributed by atoms with Crippen LogP contribution in [0.15, 0.2) is 0 Å². The summed E-state index contributed by atoms with van der Waals surface area (Å²) >= 11 is 0. The van der Waals surface area contributed by atoms with Gasteiger partial charge in [-0.25, -0.2) is 0 Å². The van der Waals surface area contributed by atoms with E-state index in [1.165, 1.54) is 4.90 Å². The van der Waals surface area contributed by atoms with Crippen molar-refractivity contribution in [2.45, 2.75) is 25.4 Å². The fourth-order valence-electron chi connectivity index (χ4n) is 1.72. The Bertz CT molecular complexity index is 230. The quantitative estimate of drug-likeness (QED) is 0.766. The molecule has 1 atom stereocenters. The molecule has 1 aliphatic rings. The molecule has 0 aromatic rings. The Kier molecular flexibility index (Phi) is 3.96. The molecular weight excluding hydrogens is 211 g/mol. The van der Waals surface area contributed by atoms with Crippen LogP contribution >= 0.6 is 0 Å². The molecule has 1 aliphatic heterocycles. The molecule has 1 fully saturated rings. The molecule has 1 rings (SSSR count). The molecule has 0 saturated carbocycles. The van der Waals surface area contributed by atoms with E-state index in [1.54, 1.807) is 0 Å². The lowest BCUT2D eigenvalue weighted by molar-refractivity contribution is -0.162. The summed E-state index contributed by atoms with van der Waals surface area (Å²) < 4.78 is 35.8. The number of amides is 1. The van der Waals surface area contributed by atoms with Crippen molar-refractivity contribution in [1.82, 2.24) is 4.90 Å². The predicted octanol–water partition coefficient (Wildman–Crippen LogP) is 1.17. The van der Waals surface area contributed by atoms with E-state index in [0.29, 0.717) is 13.0 Å². The van der Waals surface area contributed by atoms with Gasteiger partial charge >= 0.3 is 6.18 Å². The molecule has 0 radical (unpaired) electrons. The van der Waals surface area contributed by atoms with E-state index in [-0.39, 0.29) is 19.1 Å². The molecule has 1 saturated heterocycles. The second kappa shape index (κ2) is 4.83. The fourth-order valence-corrected chi connectivity index (χ4v) is 1.72. The number of rotatable bonds is 2. The van der Waals surface area contributed by atoms with Crippen LogP contribution < -0.4 is 0 Å². The van der Waals surface area contributed by atoms with Crippen LogP contribution in [0.4, 0.5) is 13.2 Å². The highest BCUT2D eigenvalue weighted by molar-refractivity contribution is 5.76. The number of likely N-dealkylation sites (tertiary alicyclic amines) is 1. The van der Waals surface area contributed by atoms with Gasteiger partial charge in [0.15, 0.2) is 0 Å². The number of aliphatic hydroxyl groups is 1. The van der Waals surface area contributed by atoms with E-state index in [9.17, 15) is 18.0 Å². The van der Waals surface area contributed by atoms with Gasteiger partial charge in [-0.2, -0.15) is 13.2 Å². The Morgan fingerprint density at radius 3 is 2.67 bits per heavy atom. The zero-order valence-electron chi connectivity index (χ0n) is 8.26. The first-order chi connectivity index (χ1) is 6.92. The number of hydrogen-bond acceptors (Lipinski definition) is 2. The van der Waals surface area contributed by atoms with Gasteiger partial charge < -0.3 is 10.0 Å². The lowest BCUT2D eigenvalue weighted by atomic mass is 9.99. The van der Waals surface area contributed by atoms with Gasteiger partial charge in [-0.05, 0) is 18.8 Å². The SMILES string of the molecule is O=C(CC(F)(F)F)N1CCCC(CO)C1. The minimum atomic E-state index is -4.44. The Labute approximate surface area is 85.9 Å². The number of carbonyl (C=O) groups excluding carboxylic acids is 1. The summed E-state index contributed by atoms with van der Waals surface area (Å²) in [6, 6.07) is 0. The number of piperidine rings is 1. The molecule has 1 N–H and O–H groups in total. The maximum atomic E-state index is 11.9. The molecule has 88 valence electrons. The minimum absolute atomic E-state index is 0.0732. The summed E-state index contributed by atoms with van der Waals surface area (Å²) in [5.74, 6) is -0.961. The van der Waals surface area contributed by atoms with Crippen molar-refractivity contribution in [3.63, 3.8) is 0 Å². The largest absolute Gasteiger partial charge is 0.397 e. The van der Waals surface area contributed by atoms with Crippen molar-refractivity contribution >= 4 is 5.91 Å². The molecule has 15 heavy (non-hydrogen) atoms. The van der Waals surface area contributed by atoms with E-state index >= 15 is 0 Å². The van der Waals surface area contributed by atoms with Gasteiger partial charge in [-0.15, -0.1) is 0 Å². The average molecular weight is 225 g/mol. The standard InChI is InChI=1S/C9H14F3NO2/c10-9(11,12)4-8(15)13-3-1-2-7(5-13)6-14/h7,14H,1-6H2. The molecule has 0 aliphatic carbocycles. The summed E-state index contributed by atoms with van der Waals surface area (Å²) in [6.45, 7) is 0.534. The number of aliphatic hydroxyl groups excluding tert-OH is 1. The molecule has 0 bridgehead atoms. The van der Waals surface area contributed by atoms with Gasteiger partial charge in [0.25, 0.3) is 0 Å². The van der Waals surface area contributed by atoms with Crippen LogP contribution in [0.2, 0.25) is 0 Å². The lowest BCUT2D eigenvalue weighted by Gasteiger charge is -2.32. The van der Waals surface area contributed by atoms with Crippen molar-refractivity contribution < 1.29 is 23.1 Å². The Balaban J connectivity index is 2.45. The Morgan fingerprint density at radius 2 is 2.13 bits per heavy atom. The number of halogens is 3. The third kappa shape index (κ3) is 4.07. The highest BCUT2D eigenvalue weighted by atomic mass is 19.4. The van der Waals surface area contributed by atoms with Crippen LogP contribution in [-0.4, -0.2) is 41.8 Å². The number of carbonyl (C=O) groups is 1. The molecule has 0 spiro atoms. The Hall–Kier alpha value is -0.780. The van der Waals surface area contributed by atoms with Crippen molar-refractivity contribution in [1.29, 1.82) is 0 Å². The van der Waals surface area contributed by atoms with Crippen molar-refractivity contribution in [2.24, 2.45) is 5.92 Å². The zero-order chi connectivity index (χ0) is 11.5. The van der Waals surface area contributed by atoms with E-state index in [2.05, 4.69) is 0 Å². The molecule has 3 nitrogen and oxygen atoms in total. The van der Waals surface area contributed by atoms with Gasteiger partial charge in [0.2, 0.25) is 5.91 Å². The fraction of sp³-hybridized carbons (Fsp3) is 0.889. The smallest absolute Gasteiger partial charge is 0.396 e. The van der Waals surface area contributed by atoms with Crippen LogP contribution in [0.3, 0.4) is 0 Å². The topological polar surface area (TPSA) is 40.5 Å². The first-order valence-corrected chi connectivity index (χ1v) is 4.88. The van der Waals surface area contributed by atoms with E-state index in [0.717, 1.165) is 6.42 Å². The van der Waals surface area contributed by atoms with Crippen LogP contribution in [-0.2, 0) is 4.79 Å². The number of alkyl halides is 3. The van der Waals surface area contributed by atoms with Crippen molar-refractivity contribution in [3.8, 4) is 0 Å². The van der Waals surface area contributed by atoms with Gasteiger partial charge in [0.1, 0.15) is 6.42 Å². The first-order valence-electron chi connectivity index (χ1n) is 4.88. The summed E-state index contributed by atoms with van der Waals surface area (Å²) in [5.41, 5.74) is 0. The zero-order valence-corrected chi connectivity index (χ0v) is 8.26. The summed E-state index contributed by atoms with van der Waals surface area (Å²) in [7, 11) is 0. The molecule has 1 unspecified atom stereocenters. The van der Waals surface area contributed by atoms with Crippen LogP contribution in [0.5, 0.6) is 0 Å².